The fraction of sp³-hybridized carbons (Fsp3) is 0.529. The Kier molecular flexibility index (Phi) is 5.94. The number of hydrogen-bond acceptors (Lipinski definition) is 3. The maximum Gasteiger partial charge on any atom is 0.339 e. The van der Waals surface area contributed by atoms with E-state index in [1.54, 1.807) is 12.1 Å². The number of hydrogen-bond donors (Lipinski definition) is 1. The summed E-state index contributed by atoms with van der Waals surface area (Å²) in [5, 5.41) is 9.05. The van der Waals surface area contributed by atoms with Gasteiger partial charge in [0.2, 0.25) is 0 Å². The van der Waals surface area contributed by atoms with Crippen LogP contribution >= 0.6 is 0 Å². The van der Waals surface area contributed by atoms with Crippen LogP contribution in [0.3, 0.4) is 0 Å². The van der Waals surface area contributed by atoms with Gasteiger partial charge in [-0.05, 0) is 36.3 Å². The summed E-state index contributed by atoms with van der Waals surface area (Å²) >= 11 is 0. The molecule has 1 rings (SSSR count). The Balaban J connectivity index is 2.54. The maximum atomic E-state index is 12.0. The average Bonchev–Trinajstić information content (AvgIpc) is 2.36. The molecule has 0 bridgehead atoms. The molecular weight excluding hydrogens is 268 g/mol. The summed E-state index contributed by atoms with van der Waals surface area (Å²) in [7, 11) is 0. The number of ether oxygens (including phenoxy) is 1. The predicted molar refractivity (Wildman–Crippen MR) is 81.5 cm³/mol. The van der Waals surface area contributed by atoms with Crippen molar-refractivity contribution in [3.05, 3.63) is 35.4 Å². The second kappa shape index (κ2) is 7.25. The topological polar surface area (TPSA) is 63.6 Å². The van der Waals surface area contributed by atoms with Crippen LogP contribution in [0.1, 0.15) is 61.3 Å². The van der Waals surface area contributed by atoms with E-state index >= 15 is 0 Å². The summed E-state index contributed by atoms with van der Waals surface area (Å²) in [6.45, 7) is 8.98. The zero-order valence-corrected chi connectivity index (χ0v) is 13.2. The summed E-state index contributed by atoms with van der Waals surface area (Å²) in [4.78, 5) is 23.0. The molecule has 4 nitrogen and oxygen atoms in total. The molecule has 0 radical (unpaired) electrons. The van der Waals surface area contributed by atoms with E-state index in [1.807, 2.05) is 0 Å². The van der Waals surface area contributed by atoms with Gasteiger partial charge in [-0.1, -0.05) is 39.8 Å². The Labute approximate surface area is 126 Å². The van der Waals surface area contributed by atoms with Crippen LogP contribution in [0.4, 0.5) is 0 Å². The van der Waals surface area contributed by atoms with Gasteiger partial charge in [-0.15, -0.1) is 0 Å². The van der Waals surface area contributed by atoms with Crippen molar-refractivity contribution in [2.45, 2.75) is 40.5 Å². The molecule has 0 aromatic heterocycles. The lowest BCUT2D eigenvalue weighted by Crippen LogP contribution is -2.15. The molecule has 0 aliphatic heterocycles. The normalized spacial score (nSPS) is 12.8. The van der Waals surface area contributed by atoms with Crippen molar-refractivity contribution in [1.29, 1.82) is 0 Å². The SMILES string of the molecule is CC(CCOC(=O)c1ccccc1C(=O)O)CC(C)(C)C. The summed E-state index contributed by atoms with van der Waals surface area (Å²) in [5.74, 6) is -1.24. The molecule has 21 heavy (non-hydrogen) atoms. The van der Waals surface area contributed by atoms with Crippen LogP contribution in [-0.2, 0) is 4.74 Å². The fourth-order valence-electron chi connectivity index (χ4n) is 2.43. The Morgan fingerprint density at radius 1 is 1.19 bits per heavy atom. The summed E-state index contributed by atoms with van der Waals surface area (Å²) in [5.41, 5.74) is 0.331. The highest BCUT2D eigenvalue weighted by Crippen LogP contribution is 2.25. The van der Waals surface area contributed by atoms with Crippen molar-refractivity contribution in [1.82, 2.24) is 0 Å². The van der Waals surface area contributed by atoms with Crippen LogP contribution in [0.2, 0.25) is 0 Å². The fourth-order valence-corrected chi connectivity index (χ4v) is 2.43. The second-order valence-corrected chi connectivity index (χ2v) is 6.65. The molecule has 0 fully saturated rings. The van der Waals surface area contributed by atoms with Crippen LogP contribution in [-0.4, -0.2) is 23.7 Å². The molecule has 0 aliphatic carbocycles. The lowest BCUT2D eigenvalue weighted by Gasteiger charge is -2.23. The van der Waals surface area contributed by atoms with Gasteiger partial charge in [0.1, 0.15) is 0 Å². The number of rotatable bonds is 6. The second-order valence-electron chi connectivity index (χ2n) is 6.65. The van der Waals surface area contributed by atoms with E-state index < -0.39 is 11.9 Å². The van der Waals surface area contributed by atoms with E-state index in [4.69, 9.17) is 9.84 Å². The van der Waals surface area contributed by atoms with E-state index in [1.165, 1.54) is 12.1 Å². The highest BCUT2D eigenvalue weighted by atomic mass is 16.5. The molecule has 0 saturated carbocycles. The van der Waals surface area contributed by atoms with E-state index in [9.17, 15) is 9.59 Å². The molecular formula is C17H24O4. The Bertz CT molecular complexity index is 500. The van der Waals surface area contributed by atoms with Crippen molar-refractivity contribution in [3.8, 4) is 0 Å². The van der Waals surface area contributed by atoms with Gasteiger partial charge in [-0.2, -0.15) is 0 Å². The monoisotopic (exact) mass is 292 g/mol. The number of esters is 1. The first-order valence-electron chi connectivity index (χ1n) is 7.20. The number of benzene rings is 1. The predicted octanol–water partition coefficient (Wildman–Crippen LogP) is 4.00. The lowest BCUT2D eigenvalue weighted by atomic mass is 9.84. The van der Waals surface area contributed by atoms with Gasteiger partial charge < -0.3 is 9.84 Å². The zero-order valence-electron chi connectivity index (χ0n) is 13.2. The van der Waals surface area contributed by atoms with Crippen molar-refractivity contribution in [2.75, 3.05) is 6.61 Å². The molecule has 0 aliphatic rings. The number of aromatic carboxylic acids is 1. The molecule has 1 unspecified atom stereocenters. The summed E-state index contributed by atoms with van der Waals surface area (Å²) in [6.07, 6.45) is 1.83. The van der Waals surface area contributed by atoms with E-state index in [0.29, 0.717) is 12.5 Å². The third kappa shape index (κ3) is 5.98. The van der Waals surface area contributed by atoms with Gasteiger partial charge in [0.25, 0.3) is 0 Å². The third-order valence-electron chi connectivity index (χ3n) is 3.18. The van der Waals surface area contributed by atoms with Gasteiger partial charge in [-0.25, -0.2) is 9.59 Å². The Morgan fingerprint density at radius 2 is 1.76 bits per heavy atom. The number of carbonyl (C=O) groups excluding carboxylic acids is 1. The van der Waals surface area contributed by atoms with Crippen LogP contribution < -0.4 is 0 Å². The number of carboxylic acids is 1. The standard InChI is InChI=1S/C17H24O4/c1-12(11-17(2,3)4)9-10-21-16(20)14-8-6-5-7-13(14)15(18)19/h5-8,12H,9-11H2,1-4H3,(H,18,19). The highest BCUT2D eigenvalue weighted by molar-refractivity contribution is 6.02. The van der Waals surface area contributed by atoms with E-state index in [-0.39, 0.29) is 16.5 Å². The minimum Gasteiger partial charge on any atom is -0.478 e. The Morgan fingerprint density at radius 3 is 2.29 bits per heavy atom. The minimum atomic E-state index is -1.12. The molecule has 1 atom stereocenters. The van der Waals surface area contributed by atoms with Crippen molar-refractivity contribution in [2.24, 2.45) is 11.3 Å². The quantitative estimate of drug-likeness (QED) is 0.805. The lowest BCUT2D eigenvalue weighted by molar-refractivity contribution is 0.0469. The first-order chi connectivity index (χ1) is 9.70. The van der Waals surface area contributed by atoms with Crippen LogP contribution in [0.25, 0.3) is 0 Å². The number of carbonyl (C=O) groups is 2. The highest BCUT2D eigenvalue weighted by Gasteiger charge is 2.18. The van der Waals surface area contributed by atoms with Gasteiger partial charge >= 0.3 is 11.9 Å². The minimum absolute atomic E-state index is 0.0229. The molecule has 1 aromatic rings. The van der Waals surface area contributed by atoms with Gasteiger partial charge in [-0.3, -0.25) is 0 Å². The summed E-state index contributed by atoms with van der Waals surface area (Å²) < 4.78 is 5.20. The first kappa shape index (κ1) is 17.2. The zero-order chi connectivity index (χ0) is 16.0. The molecule has 1 aromatic carbocycles. The molecule has 0 spiro atoms. The maximum absolute atomic E-state index is 12.0. The van der Waals surface area contributed by atoms with Gasteiger partial charge in [0, 0.05) is 0 Å². The average molecular weight is 292 g/mol. The van der Waals surface area contributed by atoms with Crippen LogP contribution in [0.5, 0.6) is 0 Å². The largest absolute Gasteiger partial charge is 0.478 e. The molecule has 116 valence electrons. The van der Waals surface area contributed by atoms with Gasteiger partial charge in [0.05, 0.1) is 17.7 Å². The molecule has 0 saturated heterocycles. The summed E-state index contributed by atoms with van der Waals surface area (Å²) in [6, 6.07) is 6.10. The van der Waals surface area contributed by atoms with E-state index in [2.05, 4.69) is 27.7 Å². The van der Waals surface area contributed by atoms with Crippen molar-refractivity contribution < 1.29 is 19.4 Å². The van der Waals surface area contributed by atoms with Crippen molar-refractivity contribution >= 4 is 11.9 Å². The molecule has 0 heterocycles. The van der Waals surface area contributed by atoms with Crippen molar-refractivity contribution in [3.63, 3.8) is 0 Å². The smallest absolute Gasteiger partial charge is 0.339 e. The van der Waals surface area contributed by atoms with Gasteiger partial charge in [0.15, 0.2) is 0 Å². The number of carboxylic acid groups (broad SMARTS) is 1. The Hall–Kier alpha value is -1.84. The third-order valence-corrected chi connectivity index (χ3v) is 3.18. The molecule has 0 amide bonds. The molecule has 1 N–H and O–H groups in total. The molecule has 4 heteroatoms. The van der Waals surface area contributed by atoms with Crippen LogP contribution in [0, 0.1) is 11.3 Å². The van der Waals surface area contributed by atoms with E-state index in [0.717, 1.165) is 12.8 Å². The van der Waals surface area contributed by atoms with Crippen LogP contribution in [0.15, 0.2) is 24.3 Å². The first-order valence-corrected chi connectivity index (χ1v) is 7.20.